The van der Waals surface area contributed by atoms with Crippen molar-refractivity contribution in [2.24, 2.45) is 0 Å². The zero-order chi connectivity index (χ0) is 18.5. The Bertz CT molecular complexity index is 577. The van der Waals surface area contributed by atoms with E-state index in [1.807, 2.05) is 45.0 Å². The molecule has 0 spiro atoms. The first-order valence-corrected chi connectivity index (χ1v) is 8.87. The fourth-order valence-electron chi connectivity index (χ4n) is 2.02. The smallest absolute Gasteiger partial charge is 0.334 e. The van der Waals surface area contributed by atoms with Crippen molar-refractivity contribution in [3.63, 3.8) is 0 Å². The van der Waals surface area contributed by atoms with Crippen molar-refractivity contribution < 1.29 is 23.8 Å². The van der Waals surface area contributed by atoms with Crippen molar-refractivity contribution in [3.05, 3.63) is 35.4 Å². The summed E-state index contributed by atoms with van der Waals surface area (Å²) in [7, 11) is 0. The van der Waals surface area contributed by atoms with Gasteiger partial charge in [0.1, 0.15) is 5.75 Å². The van der Waals surface area contributed by atoms with Crippen LogP contribution in [-0.4, -0.2) is 31.8 Å². The van der Waals surface area contributed by atoms with Crippen LogP contribution in [0.5, 0.6) is 5.75 Å². The molecule has 5 heteroatoms. The van der Waals surface area contributed by atoms with Gasteiger partial charge in [0.05, 0.1) is 26.2 Å². The summed E-state index contributed by atoms with van der Waals surface area (Å²) in [6.07, 6.45) is 3.86. The number of hydrogen-bond acceptors (Lipinski definition) is 5. The van der Waals surface area contributed by atoms with Gasteiger partial charge in [0.2, 0.25) is 0 Å². The molecule has 0 aliphatic heterocycles. The van der Waals surface area contributed by atoms with E-state index in [4.69, 9.17) is 14.2 Å². The molecule has 138 valence electrons. The summed E-state index contributed by atoms with van der Waals surface area (Å²) in [6.45, 7) is 7.09. The minimum Gasteiger partial charge on any atom is -0.493 e. The van der Waals surface area contributed by atoms with Crippen molar-refractivity contribution in [2.45, 2.75) is 46.5 Å². The minimum atomic E-state index is -0.499. The molecule has 25 heavy (non-hydrogen) atoms. The van der Waals surface area contributed by atoms with Gasteiger partial charge in [-0.05, 0) is 31.4 Å². The average Bonchev–Trinajstić information content (AvgIpc) is 2.63. The van der Waals surface area contributed by atoms with Crippen LogP contribution in [0.1, 0.15) is 52.0 Å². The molecule has 5 nitrogen and oxygen atoms in total. The molecule has 0 heterocycles. The van der Waals surface area contributed by atoms with E-state index in [1.54, 1.807) is 6.08 Å². The Kier molecular flexibility index (Phi) is 10.1. The Balaban J connectivity index is 3.02. The zero-order valence-electron chi connectivity index (χ0n) is 15.4. The summed E-state index contributed by atoms with van der Waals surface area (Å²) in [5, 5.41) is 0. The molecule has 1 rings (SSSR count). The summed E-state index contributed by atoms with van der Waals surface area (Å²) in [5.41, 5.74) is 1.00. The third kappa shape index (κ3) is 7.88. The second kappa shape index (κ2) is 12.1. The summed E-state index contributed by atoms with van der Waals surface area (Å²) in [5.74, 6) is -0.263. The minimum absolute atomic E-state index is 0.120. The standard InChI is InChI=1S/C20H28O5/c1-4-11-23-18-10-8-7-9-16(18)14-17(20(22)25-13-6-3)15-19(21)24-12-5-2/h7-10,14H,4-6,11-13,15H2,1-3H3. The van der Waals surface area contributed by atoms with Crippen LogP contribution in [0, 0.1) is 0 Å². The van der Waals surface area contributed by atoms with Crippen LogP contribution in [0.15, 0.2) is 29.8 Å². The second-order valence-electron chi connectivity index (χ2n) is 5.59. The Hall–Kier alpha value is -2.30. The molecule has 0 bridgehead atoms. The molecule has 0 fully saturated rings. The van der Waals surface area contributed by atoms with Crippen LogP contribution in [0.2, 0.25) is 0 Å². The Morgan fingerprint density at radius 1 is 0.920 bits per heavy atom. The molecule has 0 radical (unpaired) electrons. The molecule has 0 saturated carbocycles. The lowest BCUT2D eigenvalue weighted by atomic mass is 10.1. The van der Waals surface area contributed by atoms with Crippen LogP contribution in [-0.2, 0) is 19.1 Å². The molecule has 0 aliphatic rings. The number of carbonyl (C=O) groups excluding carboxylic acids is 2. The van der Waals surface area contributed by atoms with Gasteiger partial charge in [-0.25, -0.2) is 4.79 Å². The fraction of sp³-hybridized carbons (Fsp3) is 0.500. The monoisotopic (exact) mass is 348 g/mol. The fourth-order valence-corrected chi connectivity index (χ4v) is 2.02. The normalized spacial score (nSPS) is 11.1. The van der Waals surface area contributed by atoms with E-state index in [-0.39, 0.29) is 12.0 Å². The average molecular weight is 348 g/mol. The predicted molar refractivity (Wildman–Crippen MR) is 97.3 cm³/mol. The highest BCUT2D eigenvalue weighted by Crippen LogP contribution is 2.23. The predicted octanol–water partition coefficient (Wildman–Crippen LogP) is 4.16. The van der Waals surface area contributed by atoms with Gasteiger partial charge < -0.3 is 14.2 Å². The van der Waals surface area contributed by atoms with Crippen molar-refractivity contribution >= 4 is 18.0 Å². The largest absolute Gasteiger partial charge is 0.493 e. The van der Waals surface area contributed by atoms with E-state index >= 15 is 0 Å². The number of carbonyl (C=O) groups is 2. The molecule has 0 atom stereocenters. The van der Waals surface area contributed by atoms with Gasteiger partial charge >= 0.3 is 11.9 Å². The molecule has 1 aromatic carbocycles. The zero-order valence-corrected chi connectivity index (χ0v) is 15.4. The summed E-state index contributed by atoms with van der Waals surface area (Å²) in [6, 6.07) is 7.41. The molecule has 0 N–H and O–H groups in total. The SMILES string of the molecule is CCCOC(=O)CC(=Cc1ccccc1OCCC)C(=O)OCCC. The molecular weight excluding hydrogens is 320 g/mol. The first-order valence-electron chi connectivity index (χ1n) is 8.87. The van der Waals surface area contributed by atoms with Crippen LogP contribution < -0.4 is 4.74 Å². The van der Waals surface area contributed by atoms with Gasteiger partial charge in [0.15, 0.2) is 0 Å². The summed E-state index contributed by atoms with van der Waals surface area (Å²) >= 11 is 0. The Morgan fingerprint density at radius 3 is 2.24 bits per heavy atom. The number of ether oxygens (including phenoxy) is 3. The molecular formula is C20H28O5. The third-order valence-corrected chi connectivity index (χ3v) is 3.21. The molecule has 0 aliphatic carbocycles. The maximum atomic E-state index is 12.3. The number of para-hydroxylation sites is 1. The van der Waals surface area contributed by atoms with Crippen LogP contribution in [0.3, 0.4) is 0 Å². The maximum Gasteiger partial charge on any atom is 0.334 e. The highest BCUT2D eigenvalue weighted by atomic mass is 16.5. The van der Waals surface area contributed by atoms with Crippen molar-refractivity contribution in [1.29, 1.82) is 0 Å². The maximum absolute atomic E-state index is 12.3. The van der Waals surface area contributed by atoms with Gasteiger partial charge in [-0.15, -0.1) is 0 Å². The van der Waals surface area contributed by atoms with Crippen LogP contribution in [0.25, 0.3) is 6.08 Å². The molecule has 0 saturated heterocycles. The lowest BCUT2D eigenvalue weighted by Crippen LogP contribution is -2.14. The highest BCUT2D eigenvalue weighted by Gasteiger charge is 2.17. The van der Waals surface area contributed by atoms with Crippen molar-refractivity contribution in [1.82, 2.24) is 0 Å². The first kappa shape index (κ1) is 20.7. The van der Waals surface area contributed by atoms with E-state index in [1.165, 1.54) is 0 Å². The molecule has 0 amide bonds. The third-order valence-electron chi connectivity index (χ3n) is 3.21. The quantitative estimate of drug-likeness (QED) is 0.444. The number of benzene rings is 1. The van der Waals surface area contributed by atoms with Crippen LogP contribution >= 0.6 is 0 Å². The number of hydrogen-bond donors (Lipinski definition) is 0. The molecule has 0 unspecified atom stereocenters. The van der Waals surface area contributed by atoms with Crippen molar-refractivity contribution in [2.75, 3.05) is 19.8 Å². The lowest BCUT2D eigenvalue weighted by Gasteiger charge is -2.11. The van der Waals surface area contributed by atoms with E-state index in [0.717, 1.165) is 24.8 Å². The number of rotatable bonds is 11. The van der Waals surface area contributed by atoms with Crippen molar-refractivity contribution in [3.8, 4) is 5.75 Å². The Labute approximate surface area is 150 Å². The van der Waals surface area contributed by atoms with E-state index in [2.05, 4.69) is 0 Å². The molecule has 0 aromatic heterocycles. The van der Waals surface area contributed by atoms with E-state index < -0.39 is 11.9 Å². The van der Waals surface area contributed by atoms with Gasteiger partial charge in [0, 0.05) is 11.1 Å². The summed E-state index contributed by atoms with van der Waals surface area (Å²) < 4.78 is 16.0. The summed E-state index contributed by atoms with van der Waals surface area (Å²) in [4.78, 5) is 24.2. The Morgan fingerprint density at radius 2 is 1.56 bits per heavy atom. The van der Waals surface area contributed by atoms with E-state index in [9.17, 15) is 9.59 Å². The van der Waals surface area contributed by atoms with Gasteiger partial charge in [-0.2, -0.15) is 0 Å². The van der Waals surface area contributed by atoms with Crippen LogP contribution in [0.4, 0.5) is 0 Å². The lowest BCUT2D eigenvalue weighted by molar-refractivity contribution is -0.146. The highest BCUT2D eigenvalue weighted by molar-refractivity contribution is 5.98. The van der Waals surface area contributed by atoms with Gasteiger partial charge in [-0.3, -0.25) is 4.79 Å². The topological polar surface area (TPSA) is 61.8 Å². The van der Waals surface area contributed by atoms with Gasteiger partial charge in [-0.1, -0.05) is 39.0 Å². The second-order valence-corrected chi connectivity index (χ2v) is 5.59. The first-order chi connectivity index (χ1) is 12.1. The van der Waals surface area contributed by atoms with Gasteiger partial charge in [0.25, 0.3) is 0 Å². The van der Waals surface area contributed by atoms with E-state index in [0.29, 0.717) is 25.6 Å². The molecule has 1 aromatic rings. The number of esters is 2.